The minimum Gasteiger partial charge on any atom is -0.484 e. The summed E-state index contributed by atoms with van der Waals surface area (Å²) in [4.78, 5) is 20.9. The van der Waals surface area contributed by atoms with E-state index in [1.807, 2.05) is 0 Å². The van der Waals surface area contributed by atoms with E-state index in [-0.39, 0.29) is 11.4 Å². The van der Waals surface area contributed by atoms with Gasteiger partial charge in [-0.25, -0.2) is 22.0 Å². The van der Waals surface area contributed by atoms with Crippen molar-refractivity contribution in [1.82, 2.24) is 5.32 Å². The molecule has 0 aliphatic carbocycles. The molecule has 13 heteroatoms. The number of nitro groups is 1. The van der Waals surface area contributed by atoms with Gasteiger partial charge in [-0.05, 0) is 38.1 Å². The lowest BCUT2D eigenvalue weighted by Crippen LogP contribution is -2.58. The molecular weight excluding hydrogens is 440 g/mol. The maximum Gasteiger partial charge on any atom is 0.405 e. The second-order valence-corrected chi connectivity index (χ2v) is 8.66. The van der Waals surface area contributed by atoms with Gasteiger partial charge in [0, 0.05) is 12.1 Å². The highest BCUT2D eigenvalue weighted by atomic mass is 32.2. The molecule has 3 atom stereocenters. The number of nitro benzene ring substituents is 1. The van der Waals surface area contributed by atoms with Gasteiger partial charge in [0.05, 0.1) is 21.9 Å². The molecule has 1 amide bonds. The van der Waals surface area contributed by atoms with E-state index in [1.54, 1.807) is 0 Å². The lowest BCUT2D eigenvalue weighted by Gasteiger charge is -2.42. The number of carboxylic acid groups (broad SMARTS) is 1. The van der Waals surface area contributed by atoms with E-state index in [4.69, 9.17) is 9.84 Å². The smallest absolute Gasteiger partial charge is 0.405 e. The van der Waals surface area contributed by atoms with Gasteiger partial charge in [0.1, 0.15) is 17.5 Å². The van der Waals surface area contributed by atoms with Crippen molar-refractivity contribution in [2.24, 2.45) is 0 Å². The molecule has 31 heavy (non-hydrogen) atoms. The van der Waals surface area contributed by atoms with Gasteiger partial charge in [-0.15, -0.1) is 0 Å². The van der Waals surface area contributed by atoms with Crippen LogP contribution in [-0.2, 0) is 10.0 Å². The first-order chi connectivity index (χ1) is 14.4. The predicted octanol–water partition coefficient (Wildman–Crippen LogP) is 2.87. The largest absolute Gasteiger partial charge is 0.484 e. The van der Waals surface area contributed by atoms with Crippen molar-refractivity contribution in [3.8, 4) is 5.75 Å². The highest BCUT2D eigenvalue weighted by Gasteiger charge is 2.43. The monoisotopic (exact) mass is 457 g/mol. The van der Waals surface area contributed by atoms with Gasteiger partial charge in [0.25, 0.3) is 15.7 Å². The summed E-state index contributed by atoms with van der Waals surface area (Å²) in [7, 11) is -4.55. The molecule has 0 fully saturated rings. The number of sulfonamides is 1. The van der Waals surface area contributed by atoms with Gasteiger partial charge in [-0.1, -0.05) is 0 Å². The molecule has 0 bridgehead atoms. The molecular formula is C18H17F2N3O7S. The van der Waals surface area contributed by atoms with Crippen molar-refractivity contribution in [2.45, 2.75) is 36.9 Å². The normalized spacial score (nSPS) is 19.2. The maximum atomic E-state index is 13.7. The SMILES string of the molecule is C[C@H](NC(=O)O)[C@@H]1Oc2ccc([N+](=O)[O-])cc2N(S(=O)(=O)c2ccc(F)c(F)c2)[C@@H]1C. The predicted molar refractivity (Wildman–Crippen MR) is 104 cm³/mol. The van der Waals surface area contributed by atoms with E-state index in [2.05, 4.69) is 5.32 Å². The number of carbonyl (C=O) groups is 1. The second kappa shape index (κ2) is 7.98. The number of fused-ring (bicyclic) bond motifs is 1. The number of rotatable bonds is 5. The van der Waals surface area contributed by atoms with Crippen LogP contribution in [0, 0.1) is 21.7 Å². The number of anilines is 1. The minimum atomic E-state index is -4.55. The Morgan fingerprint density at radius 1 is 1.26 bits per heavy atom. The van der Waals surface area contributed by atoms with E-state index >= 15 is 0 Å². The van der Waals surface area contributed by atoms with Gasteiger partial charge >= 0.3 is 6.09 Å². The Bertz CT molecular complexity index is 1160. The van der Waals surface area contributed by atoms with Gasteiger partial charge < -0.3 is 15.2 Å². The highest BCUT2D eigenvalue weighted by molar-refractivity contribution is 7.92. The fraction of sp³-hybridized carbons (Fsp3) is 0.278. The van der Waals surface area contributed by atoms with Crippen molar-refractivity contribution in [2.75, 3.05) is 4.31 Å². The second-order valence-electron chi connectivity index (χ2n) is 6.85. The summed E-state index contributed by atoms with van der Waals surface area (Å²) in [5, 5.41) is 22.4. The molecule has 2 N–H and O–H groups in total. The van der Waals surface area contributed by atoms with Crippen LogP contribution >= 0.6 is 0 Å². The Morgan fingerprint density at radius 3 is 2.52 bits per heavy atom. The molecule has 3 rings (SSSR count). The van der Waals surface area contributed by atoms with E-state index in [1.165, 1.54) is 19.9 Å². The Balaban J connectivity index is 2.19. The van der Waals surface area contributed by atoms with Crippen LogP contribution in [0.3, 0.4) is 0 Å². The van der Waals surface area contributed by atoms with Gasteiger partial charge in [0.15, 0.2) is 11.6 Å². The Labute approximate surface area is 175 Å². The molecule has 2 aromatic carbocycles. The number of ether oxygens (including phenoxy) is 1. The molecule has 0 saturated carbocycles. The van der Waals surface area contributed by atoms with Gasteiger partial charge in [-0.3, -0.25) is 14.4 Å². The van der Waals surface area contributed by atoms with Crippen molar-refractivity contribution < 1.29 is 36.8 Å². The fourth-order valence-electron chi connectivity index (χ4n) is 3.39. The number of non-ortho nitro benzene ring substituents is 1. The molecule has 1 aliphatic heterocycles. The summed E-state index contributed by atoms with van der Waals surface area (Å²) in [6.45, 7) is 2.86. The summed E-state index contributed by atoms with van der Waals surface area (Å²) in [6.07, 6.45) is -2.40. The molecule has 0 radical (unpaired) electrons. The number of nitrogens with zero attached hydrogens (tertiary/aromatic N) is 2. The van der Waals surface area contributed by atoms with E-state index < -0.39 is 61.4 Å². The van der Waals surface area contributed by atoms with E-state index in [0.717, 1.165) is 22.5 Å². The topological polar surface area (TPSA) is 139 Å². The lowest BCUT2D eigenvalue weighted by atomic mass is 10.0. The average molecular weight is 457 g/mol. The zero-order valence-electron chi connectivity index (χ0n) is 16.2. The van der Waals surface area contributed by atoms with Crippen LogP contribution in [0.5, 0.6) is 5.75 Å². The fourth-order valence-corrected chi connectivity index (χ4v) is 5.06. The van der Waals surface area contributed by atoms with Crippen LogP contribution < -0.4 is 14.4 Å². The number of benzene rings is 2. The molecule has 1 aliphatic rings. The zero-order chi connectivity index (χ0) is 23.1. The van der Waals surface area contributed by atoms with Crippen LogP contribution in [0.2, 0.25) is 0 Å². The maximum absolute atomic E-state index is 13.7. The minimum absolute atomic E-state index is 0.0566. The number of amides is 1. The highest BCUT2D eigenvalue weighted by Crippen LogP contribution is 2.42. The average Bonchev–Trinajstić information content (AvgIpc) is 2.68. The number of nitrogens with one attached hydrogen (secondary N) is 1. The van der Waals surface area contributed by atoms with Crippen molar-refractivity contribution in [3.63, 3.8) is 0 Å². The number of hydrogen-bond acceptors (Lipinski definition) is 6. The first-order valence-corrected chi connectivity index (χ1v) is 10.3. The van der Waals surface area contributed by atoms with Crippen LogP contribution in [-0.4, -0.2) is 42.7 Å². The van der Waals surface area contributed by atoms with Gasteiger partial charge in [0.2, 0.25) is 0 Å². The molecule has 166 valence electrons. The Hall–Kier alpha value is -3.48. The van der Waals surface area contributed by atoms with Crippen LogP contribution in [0.4, 0.5) is 25.0 Å². The molecule has 0 saturated heterocycles. The Morgan fingerprint density at radius 2 is 1.94 bits per heavy atom. The van der Waals surface area contributed by atoms with E-state index in [9.17, 15) is 32.1 Å². The van der Waals surface area contributed by atoms with Gasteiger partial charge in [-0.2, -0.15) is 0 Å². The molecule has 10 nitrogen and oxygen atoms in total. The number of hydrogen-bond donors (Lipinski definition) is 2. The Kier molecular flexibility index (Phi) is 5.72. The lowest BCUT2D eigenvalue weighted by molar-refractivity contribution is -0.384. The van der Waals surface area contributed by atoms with Crippen LogP contribution in [0.15, 0.2) is 41.3 Å². The third-order valence-electron chi connectivity index (χ3n) is 4.79. The molecule has 1 heterocycles. The van der Waals surface area contributed by atoms with Crippen LogP contribution in [0.25, 0.3) is 0 Å². The summed E-state index contributed by atoms with van der Waals surface area (Å²) in [5.41, 5.74) is -0.611. The summed E-state index contributed by atoms with van der Waals surface area (Å²) >= 11 is 0. The number of halogens is 2. The van der Waals surface area contributed by atoms with Crippen molar-refractivity contribution in [1.29, 1.82) is 0 Å². The molecule has 0 spiro atoms. The molecule has 0 unspecified atom stereocenters. The summed E-state index contributed by atoms with van der Waals surface area (Å²) < 4.78 is 60.4. The summed E-state index contributed by atoms with van der Waals surface area (Å²) in [5.74, 6) is -2.69. The third-order valence-corrected chi connectivity index (χ3v) is 6.69. The van der Waals surface area contributed by atoms with E-state index in [0.29, 0.717) is 12.1 Å². The quantitative estimate of drug-likeness (QED) is 0.520. The van der Waals surface area contributed by atoms with Crippen molar-refractivity contribution in [3.05, 3.63) is 58.1 Å². The zero-order valence-corrected chi connectivity index (χ0v) is 17.0. The first-order valence-electron chi connectivity index (χ1n) is 8.87. The third kappa shape index (κ3) is 4.08. The van der Waals surface area contributed by atoms with Crippen molar-refractivity contribution >= 4 is 27.5 Å². The summed E-state index contributed by atoms with van der Waals surface area (Å²) in [6, 6.07) is 3.31. The molecule has 0 aromatic heterocycles. The molecule has 2 aromatic rings. The standard InChI is InChI=1S/C18H17F2N3O7S/c1-9(21-18(24)25)17-10(2)22(15-7-11(23(26)27)3-6-16(15)30-17)31(28,29)12-4-5-13(19)14(20)8-12/h3-10,17,21H,1-2H3,(H,24,25)/t9-,10+,17-/m0/s1. The first kappa shape index (κ1) is 22.2. The van der Waals surface area contributed by atoms with Crippen LogP contribution in [0.1, 0.15) is 13.8 Å².